The van der Waals surface area contributed by atoms with Gasteiger partial charge in [0, 0.05) is 18.2 Å². The summed E-state index contributed by atoms with van der Waals surface area (Å²) in [7, 11) is 3.14. The van der Waals surface area contributed by atoms with Crippen LogP contribution in [0.5, 0.6) is 11.5 Å². The van der Waals surface area contributed by atoms with E-state index in [4.69, 9.17) is 9.47 Å². The molecule has 0 bridgehead atoms. The fraction of sp³-hybridized carbons (Fsp3) is 0.154. The first-order chi connectivity index (χ1) is 9.71. The van der Waals surface area contributed by atoms with Gasteiger partial charge in [-0.05, 0) is 6.07 Å². The van der Waals surface area contributed by atoms with Crippen LogP contribution in [0.3, 0.4) is 0 Å². The molecule has 7 heteroatoms. The van der Waals surface area contributed by atoms with Crippen molar-refractivity contribution in [3.8, 4) is 23.0 Å². The van der Waals surface area contributed by atoms with Crippen molar-refractivity contribution >= 4 is 11.0 Å². The van der Waals surface area contributed by atoms with E-state index >= 15 is 0 Å². The lowest BCUT2D eigenvalue weighted by atomic mass is 10.3. The maximum atomic E-state index is 11.0. The number of nitrogens with zero attached hydrogens (tertiary/aromatic N) is 2. The summed E-state index contributed by atoms with van der Waals surface area (Å²) in [6.45, 7) is 0. The molecule has 102 valence electrons. The van der Waals surface area contributed by atoms with Crippen LogP contribution in [0.4, 0.5) is 0 Å². The van der Waals surface area contributed by atoms with Gasteiger partial charge >= 0.3 is 0 Å². The molecule has 3 aromatic rings. The van der Waals surface area contributed by atoms with E-state index in [0.29, 0.717) is 23.0 Å². The molecule has 0 fully saturated rings. The minimum absolute atomic E-state index is 0.256. The summed E-state index contributed by atoms with van der Waals surface area (Å²) in [5.41, 5.74) is 1.82. The SMILES string of the molecule is COc1cc2nc(-c3ccc(=O)[nH]n3)[nH]c2cc1OC. The monoisotopic (exact) mass is 272 g/mol. The highest BCUT2D eigenvalue weighted by Crippen LogP contribution is 2.32. The summed E-state index contributed by atoms with van der Waals surface area (Å²) in [4.78, 5) is 18.6. The van der Waals surface area contributed by atoms with Crippen LogP contribution in [-0.2, 0) is 0 Å². The number of rotatable bonds is 3. The fourth-order valence-electron chi connectivity index (χ4n) is 1.93. The first kappa shape index (κ1) is 12.2. The molecule has 0 saturated heterocycles. The van der Waals surface area contributed by atoms with Crippen LogP contribution in [0.2, 0.25) is 0 Å². The summed E-state index contributed by atoms with van der Waals surface area (Å²) in [5.74, 6) is 1.78. The number of benzene rings is 1. The van der Waals surface area contributed by atoms with Crippen LogP contribution in [-0.4, -0.2) is 34.4 Å². The minimum atomic E-state index is -0.256. The molecule has 0 radical (unpaired) electrons. The van der Waals surface area contributed by atoms with Gasteiger partial charge in [-0.2, -0.15) is 5.10 Å². The van der Waals surface area contributed by atoms with E-state index in [9.17, 15) is 4.79 Å². The highest BCUT2D eigenvalue weighted by molar-refractivity contribution is 5.82. The van der Waals surface area contributed by atoms with E-state index in [1.165, 1.54) is 6.07 Å². The Morgan fingerprint density at radius 3 is 2.50 bits per heavy atom. The molecule has 3 rings (SSSR count). The maximum Gasteiger partial charge on any atom is 0.264 e. The van der Waals surface area contributed by atoms with Gasteiger partial charge in [-0.3, -0.25) is 4.79 Å². The van der Waals surface area contributed by atoms with Crippen molar-refractivity contribution < 1.29 is 9.47 Å². The maximum absolute atomic E-state index is 11.0. The molecule has 0 unspecified atom stereocenters. The second kappa shape index (κ2) is 4.69. The molecule has 2 heterocycles. The topological polar surface area (TPSA) is 92.9 Å². The van der Waals surface area contributed by atoms with E-state index in [2.05, 4.69) is 20.2 Å². The Labute approximate surface area is 113 Å². The van der Waals surface area contributed by atoms with Gasteiger partial charge in [0.05, 0.1) is 25.3 Å². The summed E-state index contributed by atoms with van der Waals surface area (Å²) >= 11 is 0. The summed E-state index contributed by atoms with van der Waals surface area (Å²) in [5, 5.41) is 6.31. The zero-order valence-electron chi connectivity index (χ0n) is 10.9. The summed E-state index contributed by atoms with van der Waals surface area (Å²) in [6, 6.07) is 6.58. The predicted octanol–water partition coefficient (Wildman–Crippen LogP) is 1.33. The average Bonchev–Trinajstić information content (AvgIpc) is 2.89. The van der Waals surface area contributed by atoms with Crippen molar-refractivity contribution in [1.82, 2.24) is 20.2 Å². The highest BCUT2D eigenvalue weighted by atomic mass is 16.5. The molecular weight excluding hydrogens is 260 g/mol. The lowest BCUT2D eigenvalue weighted by Gasteiger charge is -2.06. The van der Waals surface area contributed by atoms with Crippen LogP contribution >= 0.6 is 0 Å². The van der Waals surface area contributed by atoms with E-state index in [0.717, 1.165) is 11.0 Å². The van der Waals surface area contributed by atoms with Gasteiger partial charge in [-0.15, -0.1) is 0 Å². The summed E-state index contributed by atoms with van der Waals surface area (Å²) < 4.78 is 10.5. The molecule has 0 aliphatic rings. The molecule has 0 amide bonds. The standard InChI is InChI=1S/C13H12N4O3/c1-19-10-5-8-9(6-11(10)20-2)15-13(14-8)7-3-4-12(18)17-16-7/h3-6H,1-2H3,(H,14,15)(H,17,18). The van der Waals surface area contributed by atoms with Crippen molar-refractivity contribution in [3.05, 3.63) is 34.6 Å². The van der Waals surface area contributed by atoms with E-state index in [-0.39, 0.29) is 5.56 Å². The molecule has 20 heavy (non-hydrogen) atoms. The van der Waals surface area contributed by atoms with Gasteiger partial charge in [0.1, 0.15) is 5.69 Å². The van der Waals surface area contributed by atoms with E-state index in [1.807, 2.05) is 0 Å². The normalized spacial score (nSPS) is 10.7. The Morgan fingerprint density at radius 1 is 1.10 bits per heavy atom. The minimum Gasteiger partial charge on any atom is -0.493 e. The molecular formula is C13H12N4O3. The van der Waals surface area contributed by atoms with Crippen LogP contribution in [0.15, 0.2) is 29.1 Å². The molecule has 0 atom stereocenters. The number of hydrogen-bond acceptors (Lipinski definition) is 5. The van der Waals surface area contributed by atoms with Crippen LogP contribution in [0.1, 0.15) is 0 Å². The molecule has 0 aliphatic carbocycles. The first-order valence-electron chi connectivity index (χ1n) is 5.89. The molecule has 1 aromatic carbocycles. The van der Waals surface area contributed by atoms with Gasteiger partial charge < -0.3 is 14.5 Å². The van der Waals surface area contributed by atoms with Gasteiger partial charge in [0.2, 0.25) is 0 Å². The number of hydrogen-bond donors (Lipinski definition) is 2. The quantitative estimate of drug-likeness (QED) is 0.750. The van der Waals surface area contributed by atoms with Crippen LogP contribution in [0, 0.1) is 0 Å². The third-order valence-corrected chi connectivity index (χ3v) is 2.91. The lowest BCUT2D eigenvalue weighted by molar-refractivity contribution is 0.356. The third-order valence-electron chi connectivity index (χ3n) is 2.91. The largest absolute Gasteiger partial charge is 0.493 e. The fourth-order valence-corrected chi connectivity index (χ4v) is 1.93. The molecule has 0 saturated carbocycles. The van der Waals surface area contributed by atoms with Crippen molar-refractivity contribution in [1.29, 1.82) is 0 Å². The number of H-pyrrole nitrogens is 2. The summed E-state index contributed by atoms with van der Waals surface area (Å²) in [6.07, 6.45) is 0. The number of fused-ring (bicyclic) bond motifs is 1. The van der Waals surface area contributed by atoms with Crippen molar-refractivity contribution in [2.45, 2.75) is 0 Å². The van der Waals surface area contributed by atoms with Gasteiger partial charge in [0.15, 0.2) is 17.3 Å². The highest BCUT2D eigenvalue weighted by Gasteiger charge is 2.11. The predicted molar refractivity (Wildman–Crippen MR) is 73.0 cm³/mol. The zero-order valence-corrected chi connectivity index (χ0v) is 10.9. The van der Waals surface area contributed by atoms with Crippen LogP contribution in [0.25, 0.3) is 22.6 Å². The third kappa shape index (κ3) is 1.99. The van der Waals surface area contributed by atoms with E-state index < -0.39 is 0 Å². The van der Waals surface area contributed by atoms with Crippen LogP contribution < -0.4 is 15.0 Å². The number of imidazole rings is 1. The Morgan fingerprint density at radius 2 is 1.85 bits per heavy atom. The number of aromatic amines is 2. The number of ether oxygens (including phenoxy) is 2. The Bertz CT molecular complexity index is 761. The zero-order chi connectivity index (χ0) is 14.1. The van der Waals surface area contributed by atoms with Crippen molar-refractivity contribution in [2.24, 2.45) is 0 Å². The first-order valence-corrected chi connectivity index (χ1v) is 5.89. The smallest absolute Gasteiger partial charge is 0.264 e. The van der Waals surface area contributed by atoms with Gasteiger partial charge in [-0.1, -0.05) is 0 Å². The number of aromatic nitrogens is 4. The average molecular weight is 272 g/mol. The lowest BCUT2D eigenvalue weighted by Crippen LogP contribution is -2.05. The van der Waals surface area contributed by atoms with Gasteiger partial charge in [-0.25, -0.2) is 10.1 Å². The molecule has 2 aromatic heterocycles. The Hall–Kier alpha value is -2.83. The number of methoxy groups -OCH3 is 2. The van der Waals surface area contributed by atoms with Gasteiger partial charge in [0.25, 0.3) is 5.56 Å². The Balaban J connectivity index is 2.15. The van der Waals surface area contributed by atoms with Crippen molar-refractivity contribution in [3.63, 3.8) is 0 Å². The second-order valence-corrected chi connectivity index (χ2v) is 4.12. The second-order valence-electron chi connectivity index (χ2n) is 4.12. The molecule has 0 aliphatic heterocycles. The molecule has 2 N–H and O–H groups in total. The molecule has 0 spiro atoms. The van der Waals surface area contributed by atoms with E-state index in [1.54, 1.807) is 32.4 Å². The molecule has 7 nitrogen and oxygen atoms in total. The Kier molecular flexibility index (Phi) is 2.86. The number of nitrogens with one attached hydrogen (secondary N) is 2. The van der Waals surface area contributed by atoms with Crippen molar-refractivity contribution in [2.75, 3.05) is 14.2 Å².